The van der Waals surface area contributed by atoms with Gasteiger partial charge in [-0.05, 0) is 25.1 Å². The Labute approximate surface area is 124 Å². The molecule has 2 rings (SSSR count). The van der Waals surface area contributed by atoms with Crippen molar-refractivity contribution in [3.8, 4) is 0 Å². The largest absolute Gasteiger partial charge is 0.325 e. The van der Waals surface area contributed by atoms with Crippen LogP contribution in [0, 0.1) is 6.92 Å². The van der Waals surface area contributed by atoms with Gasteiger partial charge < -0.3 is 10.6 Å². The molecule has 100 valence electrons. The number of hydrogen-bond donors (Lipinski definition) is 2. The van der Waals surface area contributed by atoms with Crippen LogP contribution in [0.15, 0.2) is 34.1 Å². The normalized spacial score (nSPS) is 10.4. The predicted octanol–water partition coefficient (Wildman–Crippen LogP) is 2.94. The fourth-order valence-corrected chi connectivity index (χ4v) is 2.58. The van der Waals surface area contributed by atoms with Gasteiger partial charge in [-0.1, -0.05) is 22.0 Å². The number of nitrogens with zero attached hydrogens (tertiary/aromatic N) is 1. The molecule has 1 aromatic carbocycles. The van der Waals surface area contributed by atoms with Crippen LogP contribution in [-0.2, 0) is 11.3 Å². The van der Waals surface area contributed by atoms with Crippen molar-refractivity contribution in [3.05, 3.63) is 44.8 Å². The molecule has 0 saturated heterocycles. The molecule has 0 fully saturated rings. The van der Waals surface area contributed by atoms with E-state index >= 15 is 0 Å². The van der Waals surface area contributed by atoms with E-state index in [9.17, 15) is 4.79 Å². The Morgan fingerprint density at radius 3 is 3.00 bits per heavy atom. The van der Waals surface area contributed by atoms with Gasteiger partial charge in [-0.3, -0.25) is 4.79 Å². The topological polar surface area (TPSA) is 54.0 Å². The van der Waals surface area contributed by atoms with E-state index in [4.69, 9.17) is 0 Å². The summed E-state index contributed by atoms with van der Waals surface area (Å²) in [6, 6.07) is 7.51. The summed E-state index contributed by atoms with van der Waals surface area (Å²) in [4.78, 5) is 16.0. The zero-order valence-electron chi connectivity index (χ0n) is 10.4. The highest BCUT2D eigenvalue weighted by Gasteiger charge is 2.03. The summed E-state index contributed by atoms with van der Waals surface area (Å²) >= 11 is 4.97. The van der Waals surface area contributed by atoms with E-state index in [1.165, 1.54) is 0 Å². The maximum atomic E-state index is 11.7. The van der Waals surface area contributed by atoms with Gasteiger partial charge in [0.05, 0.1) is 17.2 Å². The first-order chi connectivity index (χ1) is 9.13. The summed E-state index contributed by atoms with van der Waals surface area (Å²) in [7, 11) is 0. The number of carbonyl (C=O) groups is 1. The predicted molar refractivity (Wildman–Crippen MR) is 81.3 cm³/mol. The van der Waals surface area contributed by atoms with Gasteiger partial charge in [0.1, 0.15) is 0 Å². The molecule has 2 N–H and O–H groups in total. The molecule has 0 saturated carbocycles. The standard InChI is InChI=1S/C13H14BrN3OS/c1-9-16-12(8-19-9)6-15-7-13(18)17-11-4-2-3-10(14)5-11/h2-5,8,15H,6-7H2,1H3,(H,17,18). The van der Waals surface area contributed by atoms with E-state index in [0.29, 0.717) is 6.54 Å². The van der Waals surface area contributed by atoms with Crippen molar-refractivity contribution in [1.29, 1.82) is 0 Å². The highest BCUT2D eigenvalue weighted by molar-refractivity contribution is 9.10. The van der Waals surface area contributed by atoms with Crippen LogP contribution >= 0.6 is 27.3 Å². The Bertz CT molecular complexity index is 571. The molecule has 0 atom stereocenters. The number of benzene rings is 1. The van der Waals surface area contributed by atoms with Gasteiger partial charge in [0.2, 0.25) is 5.91 Å². The molecular formula is C13H14BrN3OS. The van der Waals surface area contributed by atoms with Crippen molar-refractivity contribution < 1.29 is 4.79 Å². The zero-order chi connectivity index (χ0) is 13.7. The maximum Gasteiger partial charge on any atom is 0.238 e. The number of halogens is 1. The smallest absolute Gasteiger partial charge is 0.238 e. The summed E-state index contributed by atoms with van der Waals surface area (Å²) in [5.74, 6) is -0.0648. The van der Waals surface area contributed by atoms with Crippen LogP contribution in [0.25, 0.3) is 0 Å². The number of rotatable bonds is 5. The second kappa shape index (κ2) is 6.79. The van der Waals surface area contributed by atoms with E-state index < -0.39 is 0 Å². The SMILES string of the molecule is Cc1nc(CNCC(=O)Nc2cccc(Br)c2)cs1. The average Bonchev–Trinajstić information content (AvgIpc) is 2.75. The number of carbonyl (C=O) groups excluding carboxylic acids is 1. The first-order valence-corrected chi connectivity index (χ1v) is 7.48. The molecule has 4 nitrogen and oxygen atoms in total. The number of aromatic nitrogens is 1. The van der Waals surface area contributed by atoms with E-state index in [1.807, 2.05) is 36.6 Å². The van der Waals surface area contributed by atoms with Crippen LogP contribution in [0.1, 0.15) is 10.7 Å². The Morgan fingerprint density at radius 2 is 2.32 bits per heavy atom. The lowest BCUT2D eigenvalue weighted by Gasteiger charge is -2.06. The minimum absolute atomic E-state index is 0.0648. The van der Waals surface area contributed by atoms with Crippen LogP contribution in [0.2, 0.25) is 0 Å². The summed E-state index contributed by atoms with van der Waals surface area (Å²) in [5.41, 5.74) is 1.75. The Morgan fingerprint density at radius 1 is 1.47 bits per heavy atom. The third kappa shape index (κ3) is 4.74. The number of hydrogen-bond acceptors (Lipinski definition) is 4. The van der Waals surface area contributed by atoms with Crippen molar-refractivity contribution in [1.82, 2.24) is 10.3 Å². The van der Waals surface area contributed by atoms with Crippen LogP contribution in [-0.4, -0.2) is 17.4 Å². The van der Waals surface area contributed by atoms with E-state index in [-0.39, 0.29) is 12.5 Å². The second-order valence-electron chi connectivity index (χ2n) is 4.02. The Kier molecular flexibility index (Phi) is 5.07. The van der Waals surface area contributed by atoms with Crippen LogP contribution in [0.3, 0.4) is 0 Å². The molecule has 0 unspecified atom stereocenters. The second-order valence-corrected chi connectivity index (χ2v) is 6.00. The highest BCUT2D eigenvalue weighted by atomic mass is 79.9. The van der Waals surface area contributed by atoms with E-state index in [2.05, 4.69) is 31.5 Å². The van der Waals surface area contributed by atoms with Crippen LogP contribution < -0.4 is 10.6 Å². The monoisotopic (exact) mass is 339 g/mol. The molecule has 0 spiro atoms. The minimum Gasteiger partial charge on any atom is -0.325 e. The van der Waals surface area contributed by atoms with E-state index in [1.54, 1.807) is 11.3 Å². The molecule has 0 radical (unpaired) electrons. The third-order valence-corrected chi connectivity index (χ3v) is 3.68. The maximum absolute atomic E-state index is 11.7. The summed E-state index contributed by atoms with van der Waals surface area (Å²) in [6.07, 6.45) is 0. The molecule has 0 aliphatic rings. The number of nitrogens with one attached hydrogen (secondary N) is 2. The highest BCUT2D eigenvalue weighted by Crippen LogP contribution is 2.15. The first kappa shape index (κ1) is 14.2. The van der Waals surface area contributed by atoms with Gasteiger partial charge in [-0.15, -0.1) is 11.3 Å². The molecule has 2 aromatic rings. The molecule has 0 bridgehead atoms. The van der Waals surface area contributed by atoms with Crippen molar-refractivity contribution in [2.24, 2.45) is 0 Å². The third-order valence-electron chi connectivity index (χ3n) is 2.37. The lowest BCUT2D eigenvalue weighted by atomic mass is 10.3. The molecule has 19 heavy (non-hydrogen) atoms. The summed E-state index contributed by atoms with van der Waals surface area (Å²) < 4.78 is 0.941. The van der Waals surface area contributed by atoms with Gasteiger partial charge in [-0.2, -0.15) is 0 Å². The number of amides is 1. The number of anilines is 1. The van der Waals surface area contributed by atoms with Gasteiger partial charge in [0, 0.05) is 22.1 Å². The average molecular weight is 340 g/mol. The summed E-state index contributed by atoms with van der Waals surface area (Å²) in [5, 5.41) is 8.93. The molecular weight excluding hydrogens is 326 g/mol. The number of thiazole rings is 1. The fraction of sp³-hybridized carbons (Fsp3) is 0.231. The van der Waals surface area contributed by atoms with Gasteiger partial charge in [0.15, 0.2) is 0 Å². The lowest BCUT2D eigenvalue weighted by Crippen LogP contribution is -2.27. The molecule has 0 aliphatic heterocycles. The molecule has 1 heterocycles. The quantitative estimate of drug-likeness (QED) is 0.880. The van der Waals surface area contributed by atoms with Crippen molar-refractivity contribution >= 4 is 38.9 Å². The van der Waals surface area contributed by atoms with Crippen molar-refractivity contribution in [3.63, 3.8) is 0 Å². The molecule has 6 heteroatoms. The van der Waals surface area contributed by atoms with Crippen LogP contribution in [0.5, 0.6) is 0 Å². The van der Waals surface area contributed by atoms with Gasteiger partial charge >= 0.3 is 0 Å². The zero-order valence-corrected chi connectivity index (χ0v) is 12.8. The van der Waals surface area contributed by atoms with Gasteiger partial charge in [0.25, 0.3) is 0 Å². The van der Waals surface area contributed by atoms with Gasteiger partial charge in [-0.25, -0.2) is 4.98 Å². The first-order valence-electron chi connectivity index (χ1n) is 5.80. The van der Waals surface area contributed by atoms with E-state index in [0.717, 1.165) is 20.9 Å². The van der Waals surface area contributed by atoms with Crippen molar-refractivity contribution in [2.45, 2.75) is 13.5 Å². The number of aryl methyl sites for hydroxylation is 1. The molecule has 1 aromatic heterocycles. The fourth-order valence-electron chi connectivity index (χ4n) is 1.56. The Balaban J connectivity index is 1.76. The minimum atomic E-state index is -0.0648. The molecule has 1 amide bonds. The molecule has 0 aliphatic carbocycles. The van der Waals surface area contributed by atoms with Crippen molar-refractivity contribution in [2.75, 3.05) is 11.9 Å². The summed E-state index contributed by atoms with van der Waals surface area (Å²) in [6.45, 7) is 2.84. The lowest BCUT2D eigenvalue weighted by molar-refractivity contribution is -0.115. The van der Waals surface area contributed by atoms with Crippen LogP contribution in [0.4, 0.5) is 5.69 Å². The Hall–Kier alpha value is -1.24.